The number of amides is 1. The van der Waals surface area contributed by atoms with Crippen LogP contribution < -0.4 is 10.6 Å². The Kier molecular flexibility index (Phi) is 7.66. The molecule has 2 heterocycles. The van der Waals surface area contributed by atoms with Crippen LogP contribution in [0.3, 0.4) is 0 Å². The molecule has 32 heavy (non-hydrogen) atoms. The third kappa shape index (κ3) is 6.53. The molecule has 0 radical (unpaired) electrons. The monoisotopic (exact) mass is 426 g/mol. The average Bonchev–Trinajstić information content (AvgIpc) is 3.35. The number of rotatable bonds is 9. The van der Waals surface area contributed by atoms with Crippen molar-refractivity contribution in [3.8, 4) is 0 Å². The normalized spacial score (nSPS) is 14.0. The van der Waals surface area contributed by atoms with Crippen LogP contribution in [0.25, 0.3) is 12.2 Å². The Morgan fingerprint density at radius 3 is 2.44 bits per heavy atom. The van der Waals surface area contributed by atoms with Crippen molar-refractivity contribution in [3.63, 3.8) is 0 Å². The number of hydrogen-bond donors (Lipinski definition) is 2. The molecule has 1 aromatic heterocycles. The van der Waals surface area contributed by atoms with Gasteiger partial charge < -0.3 is 15.5 Å². The molecule has 5 heteroatoms. The smallest absolute Gasteiger partial charge is 0.251 e. The van der Waals surface area contributed by atoms with E-state index < -0.39 is 0 Å². The van der Waals surface area contributed by atoms with Gasteiger partial charge in [-0.15, -0.1) is 0 Å². The lowest BCUT2D eigenvalue weighted by atomic mass is 10.1. The Hall–Kier alpha value is -3.44. The van der Waals surface area contributed by atoms with Crippen molar-refractivity contribution in [2.24, 2.45) is 0 Å². The summed E-state index contributed by atoms with van der Waals surface area (Å²) in [6, 6.07) is 19.8. The molecule has 1 aliphatic rings. The van der Waals surface area contributed by atoms with Crippen LogP contribution in [0.2, 0.25) is 0 Å². The number of pyridine rings is 1. The Morgan fingerprint density at radius 2 is 1.62 bits per heavy atom. The highest BCUT2D eigenvalue weighted by molar-refractivity contribution is 5.95. The summed E-state index contributed by atoms with van der Waals surface area (Å²) in [5.74, 6) is -0.0240. The van der Waals surface area contributed by atoms with Crippen LogP contribution >= 0.6 is 0 Å². The summed E-state index contributed by atoms with van der Waals surface area (Å²) in [5.41, 5.74) is 4.75. The van der Waals surface area contributed by atoms with E-state index in [-0.39, 0.29) is 5.91 Å². The topological polar surface area (TPSA) is 57.3 Å². The highest BCUT2D eigenvalue weighted by Crippen LogP contribution is 2.20. The summed E-state index contributed by atoms with van der Waals surface area (Å²) >= 11 is 0. The predicted octanol–water partition coefficient (Wildman–Crippen LogP) is 5.21. The van der Waals surface area contributed by atoms with Gasteiger partial charge in [0.15, 0.2) is 0 Å². The second kappa shape index (κ2) is 11.3. The number of carbonyl (C=O) groups excluding carboxylic acids is 1. The molecule has 2 N–H and O–H groups in total. The lowest BCUT2D eigenvalue weighted by Crippen LogP contribution is -2.28. The fourth-order valence-electron chi connectivity index (χ4n) is 3.90. The molecule has 0 atom stereocenters. The SMILES string of the molecule is O=C(NCCCN1CCCC1)c1cccc(Nc2cccc(/C=C/c3ccncc3)c2)c1. The molecule has 5 nitrogen and oxygen atoms in total. The van der Waals surface area contributed by atoms with Gasteiger partial charge >= 0.3 is 0 Å². The molecule has 0 saturated carbocycles. The first-order chi connectivity index (χ1) is 15.8. The van der Waals surface area contributed by atoms with E-state index in [0.29, 0.717) is 12.1 Å². The molecule has 0 aliphatic carbocycles. The van der Waals surface area contributed by atoms with Crippen LogP contribution in [-0.4, -0.2) is 42.0 Å². The maximum Gasteiger partial charge on any atom is 0.251 e. The summed E-state index contributed by atoms with van der Waals surface area (Å²) in [7, 11) is 0. The van der Waals surface area contributed by atoms with Crippen LogP contribution in [0.15, 0.2) is 73.1 Å². The van der Waals surface area contributed by atoms with Gasteiger partial charge in [0.1, 0.15) is 0 Å². The van der Waals surface area contributed by atoms with Gasteiger partial charge in [0.05, 0.1) is 0 Å². The van der Waals surface area contributed by atoms with Gasteiger partial charge in [0, 0.05) is 35.9 Å². The summed E-state index contributed by atoms with van der Waals surface area (Å²) in [6.45, 7) is 4.16. The van der Waals surface area contributed by atoms with Crippen LogP contribution in [0.4, 0.5) is 11.4 Å². The minimum absolute atomic E-state index is 0.0240. The van der Waals surface area contributed by atoms with Gasteiger partial charge in [-0.25, -0.2) is 0 Å². The van der Waals surface area contributed by atoms with Gasteiger partial charge in [-0.05, 0) is 92.5 Å². The Morgan fingerprint density at radius 1 is 0.906 bits per heavy atom. The zero-order valence-electron chi connectivity index (χ0n) is 18.3. The molecule has 0 bridgehead atoms. The first-order valence-electron chi connectivity index (χ1n) is 11.3. The van der Waals surface area contributed by atoms with Crippen molar-refractivity contribution in [3.05, 3.63) is 89.7 Å². The molecule has 1 saturated heterocycles. The van der Waals surface area contributed by atoms with Gasteiger partial charge in [-0.1, -0.05) is 30.4 Å². The van der Waals surface area contributed by atoms with Crippen LogP contribution in [-0.2, 0) is 0 Å². The number of hydrogen-bond acceptors (Lipinski definition) is 4. The molecule has 1 fully saturated rings. The highest BCUT2D eigenvalue weighted by atomic mass is 16.1. The largest absolute Gasteiger partial charge is 0.355 e. The summed E-state index contributed by atoms with van der Waals surface area (Å²) in [6.07, 6.45) is 11.3. The molecular formula is C27H30N4O. The van der Waals surface area contributed by atoms with Crippen LogP contribution in [0.1, 0.15) is 40.7 Å². The fourth-order valence-corrected chi connectivity index (χ4v) is 3.90. The van der Waals surface area contributed by atoms with Gasteiger partial charge in [-0.2, -0.15) is 0 Å². The lowest BCUT2D eigenvalue weighted by molar-refractivity contribution is 0.0952. The number of aromatic nitrogens is 1. The number of likely N-dealkylation sites (tertiary alicyclic amines) is 1. The van der Waals surface area contributed by atoms with Crippen molar-refractivity contribution in [1.29, 1.82) is 0 Å². The number of nitrogens with zero attached hydrogens (tertiary/aromatic N) is 2. The van der Waals surface area contributed by atoms with Crippen molar-refractivity contribution in [2.45, 2.75) is 19.3 Å². The van der Waals surface area contributed by atoms with Crippen molar-refractivity contribution >= 4 is 29.4 Å². The highest BCUT2D eigenvalue weighted by Gasteiger charge is 2.11. The Balaban J connectivity index is 1.32. The van der Waals surface area contributed by atoms with Crippen LogP contribution in [0, 0.1) is 0 Å². The maximum absolute atomic E-state index is 12.6. The molecule has 1 aliphatic heterocycles. The van der Waals surface area contributed by atoms with Crippen LogP contribution in [0.5, 0.6) is 0 Å². The minimum atomic E-state index is -0.0240. The second-order valence-corrected chi connectivity index (χ2v) is 8.10. The van der Waals surface area contributed by atoms with E-state index in [0.717, 1.165) is 35.5 Å². The molecule has 0 spiro atoms. The fraction of sp³-hybridized carbons (Fsp3) is 0.259. The average molecular weight is 427 g/mol. The van der Waals surface area contributed by atoms with E-state index in [2.05, 4.69) is 44.8 Å². The first kappa shape index (κ1) is 21.8. The number of carbonyl (C=O) groups is 1. The summed E-state index contributed by atoms with van der Waals surface area (Å²) in [5, 5.41) is 6.46. The summed E-state index contributed by atoms with van der Waals surface area (Å²) < 4.78 is 0. The number of benzene rings is 2. The van der Waals surface area contributed by atoms with E-state index in [4.69, 9.17) is 0 Å². The second-order valence-electron chi connectivity index (χ2n) is 8.10. The zero-order chi connectivity index (χ0) is 22.0. The summed E-state index contributed by atoms with van der Waals surface area (Å²) in [4.78, 5) is 19.1. The van der Waals surface area contributed by atoms with E-state index in [1.165, 1.54) is 25.9 Å². The molecule has 3 aromatic rings. The Bertz CT molecular complexity index is 1040. The van der Waals surface area contributed by atoms with E-state index in [1.54, 1.807) is 12.4 Å². The number of anilines is 2. The van der Waals surface area contributed by atoms with Crippen molar-refractivity contribution < 1.29 is 4.79 Å². The van der Waals surface area contributed by atoms with E-state index >= 15 is 0 Å². The van der Waals surface area contributed by atoms with Gasteiger partial charge in [0.25, 0.3) is 5.91 Å². The minimum Gasteiger partial charge on any atom is -0.355 e. The van der Waals surface area contributed by atoms with E-state index in [9.17, 15) is 4.79 Å². The predicted molar refractivity (Wildman–Crippen MR) is 132 cm³/mol. The molecule has 0 unspecified atom stereocenters. The third-order valence-corrected chi connectivity index (χ3v) is 5.61. The van der Waals surface area contributed by atoms with E-state index in [1.807, 2.05) is 48.5 Å². The molecule has 4 rings (SSSR count). The Labute approximate surface area is 190 Å². The molecular weight excluding hydrogens is 396 g/mol. The first-order valence-corrected chi connectivity index (χ1v) is 11.3. The van der Waals surface area contributed by atoms with Crippen molar-refractivity contribution in [2.75, 3.05) is 31.5 Å². The van der Waals surface area contributed by atoms with Gasteiger partial charge in [0.2, 0.25) is 0 Å². The lowest BCUT2D eigenvalue weighted by Gasteiger charge is -2.14. The maximum atomic E-state index is 12.6. The number of nitrogens with one attached hydrogen (secondary N) is 2. The zero-order valence-corrected chi connectivity index (χ0v) is 18.3. The molecule has 2 aromatic carbocycles. The molecule has 164 valence electrons. The quantitative estimate of drug-likeness (QED) is 0.461. The molecule has 1 amide bonds. The standard InChI is InChI=1S/C27H30N4O/c32-27(29-14-5-19-31-17-1-2-18-31)24-7-4-9-26(21-24)30-25-8-3-6-23(20-25)11-10-22-12-15-28-16-13-22/h3-4,6-13,15-16,20-21,30H,1-2,5,14,17-19H2,(H,29,32)/b11-10+. The third-order valence-electron chi connectivity index (χ3n) is 5.61. The van der Waals surface area contributed by atoms with Gasteiger partial charge in [-0.3, -0.25) is 9.78 Å². The van der Waals surface area contributed by atoms with Crippen molar-refractivity contribution in [1.82, 2.24) is 15.2 Å².